The molecule has 0 saturated carbocycles. The van der Waals surface area contributed by atoms with Gasteiger partial charge in [-0.3, -0.25) is 5.43 Å². The molecule has 2 fully saturated rings. The molecule has 0 unspecified atom stereocenters. The van der Waals surface area contributed by atoms with E-state index in [0.29, 0.717) is 5.41 Å². The molecule has 0 atom stereocenters. The number of nitriles is 1. The molecule has 2 rings (SSSR count). The summed E-state index contributed by atoms with van der Waals surface area (Å²) in [6.07, 6.45) is 4.66. The second-order valence-electron chi connectivity index (χ2n) is 4.17. The van der Waals surface area contributed by atoms with E-state index in [4.69, 9.17) is 5.26 Å². The highest BCUT2D eigenvalue weighted by Gasteiger charge is 2.44. The first-order valence-electron chi connectivity index (χ1n) is 4.85. The van der Waals surface area contributed by atoms with Gasteiger partial charge in [0.05, 0.1) is 0 Å². The third-order valence-corrected chi connectivity index (χ3v) is 3.33. The van der Waals surface area contributed by atoms with Gasteiger partial charge in [-0.25, -0.2) is 5.01 Å². The number of nitrogens with zero attached hydrogens (tertiary/aromatic N) is 3. The summed E-state index contributed by atoms with van der Waals surface area (Å²) >= 11 is 0. The molecule has 0 aliphatic carbocycles. The van der Waals surface area contributed by atoms with E-state index in [-0.39, 0.29) is 0 Å². The highest BCUT2D eigenvalue weighted by molar-refractivity contribution is 5.01. The Hall–Kier alpha value is -0.790. The van der Waals surface area contributed by atoms with E-state index in [2.05, 4.69) is 16.6 Å². The van der Waals surface area contributed by atoms with Crippen LogP contribution in [-0.4, -0.2) is 43.1 Å². The van der Waals surface area contributed by atoms with Gasteiger partial charge in [-0.1, -0.05) is 0 Å². The Labute approximate surface area is 79.1 Å². The lowest BCUT2D eigenvalue weighted by Gasteiger charge is -2.51. The fourth-order valence-corrected chi connectivity index (χ4v) is 2.36. The molecule has 1 spiro atoms. The third kappa shape index (κ3) is 1.50. The largest absolute Gasteiger partial charge is 0.309 e. The van der Waals surface area contributed by atoms with Crippen molar-refractivity contribution in [2.45, 2.75) is 12.8 Å². The van der Waals surface area contributed by atoms with Gasteiger partial charge in [-0.15, -0.1) is 0 Å². The van der Waals surface area contributed by atoms with Crippen LogP contribution in [0.25, 0.3) is 0 Å². The van der Waals surface area contributed by atoms with E-state index in [1.54, 1.807) is 0 Å². The van der Waals surface area contributed by atoms with Crippen LogP contribution < -0.4 is 5.43 Å². The maximum absolute atomic E-state index is 8.65. The molecule has 0 aromatic carbocycles. The lowest BCUT2D eigenvalue weighted by molar-refractivity contribution is -0.0250. The van der Waals surface area contributed by atoms with Crippen LogP contribution in [0.4, 0.5) is 0 Å². The van der Waals surface area contributed by atoms with Crippen LogP contribution in [0.2, 0.25) is 0 Å². The molecule has 1 N–H and O–H groups in total. The lowest BCUT2D eigenvalue weighted by atomic mass is 9.72. The first-order valence-corrected chi connectivity index (χ1v) is 4.85. The van der Waals surface area contributed by atoms with E-state index in [0.717, 1.165) is 26.2 Å². The summed E-state index contributed by atoms with van der Waals surface area (Å²) in [5.74, 6) is 0. The van der Waals surface area contributed by atoms with Crippen LogP contribution in [-0.2, 0) is 0 Å². The van der Waals surface area contributed by atoms with Crippen LogP contribution in [0.3, 0.4) is 0 Å². The summed E-state index contributed by atoms with van der Waals surface area (Å²) in [7, 11) is 1.97. The average Bonchev–Trinajstić information content (AvgIpc) is 2.14. The van der Waals surface area contributed by atoms with Crippen LogP contribution in [0.15, 0.2) is 0 Å². The topological polar surface area (TPSA) is 42.3 Å². The Morgan fingerprint density at radius 2 is 1.92 bits per heavy atom. The summed E-state index contributed by atoms with van der Waals surface area (Å²) in [4.78, 5) is 1.86. The minimum absolute atomic E-state index is 0.475. The SMILES string of the molecule is CNN1CCC2(CC1)CN(C#N)C2. The molecule has 0 amide bonds. The summed E-state index contributed by atoms with van der Waals surface area (Å²) in [5, 5.41) is 10.9. The monoisotopic (exact) mass is 180 g/mol. The van der Waals surface area contributed by atoms with Crippen molar-refractivity contribution in [1.82, 2.24) is 15.3 Å². The van der Waals surface area contributed by atoms with Gasteiger partial charge in [-0.05, 0) is 19.9 Å². The zero-order chi connectivity index (χ0) is 9.31. The predicted molar refractivity (Wildman–Crippen MR) is 49.5 cm³/mol. The van der Waals surface area contributed by atoms with Crippen LogP contribution in [0, 0.1) is 16.9 Å². The summed E-state index contributed by atoms with van der Waals surface area (Å²) in [5.41, 5.74) is 3.65. The summed E-state index contributed by atoms with van der Waals surface area (Å²) in [6.45, 7) is 4.22. The number of rotatable bonds is 1. The van der Waals surface area contributed by atoms with Crippen LogP contribution >= 0.6 is 0 Å². The number of nitrogens with one attached hydrogen (secondary N) is 1. The maximum atomic E-state index is 8.65. The normalized spacial score (nSPS) is 26.9. The number of hydrogen-bond acceptors (Lipinski definition) is 4. The van der Waals surface area contributed by atoms with Crippen molar-refractivity contribution in [3.8, 4) is 6.19 Å². The lowest BCUT2D eigenvalue weighted by Crippen LogP contribution is -2.59. The van der Waals surface area contributed by atoms with Gasteiger partial charge in [0.2, 0.25) is 0 Å². The molecule has 2 aliphatic rings. The quantitative estimate of drug-likeness (QED) is 0.577. The molecule has 0 aromatic rings. The Kier molecular flexibility index (Phi) is 2.14. The van der Waals surface area contributed by atoms with Crippen molar-refractivity contribution in [2.75, 3.05) is 33.2 Å². The van der Waals surface area contributed by atoms with E-state index < -0.39 is 0 Å². The Bertz CT molecular complexity index is 216. The third-order valence-electron chi connectivity index (χ3n) is 3.33. The van der Waals surface area contributed by atoms with Gasteiger partial charge < -0.3 is 4.90 Å². The molecule has 2 heterocycles. The Morgan fingerprint density at radius 3 is 2.38 bits per heavy atom. The van der Waals surface area contributed by atoms with Crippen LogP contribution in [0.5, 0.6) is 0 Å². The molecule has 2 saturated heterocycles. The van der Waals surface area contributed by atoms with Crippen molar-refractivity contribution in [2.24, 2.45) is 5.41 Å². The summed E-state index contributed by atoms with van der Waals surface area (Å²) in [6, 6.07) is 0. The van der Waals surface area contributed by atoms with Crippen molar-refractivity contribution in [3.63, 3.8) is 0 Å². The van der Waals surface area contributed by atoms with Gasteiger partial charge in [-0.2, -0.15) is 5.26 Å². The standard InChI is InChI=1S/C9H16N4/c1-11-13-4-2-9(3-5-13)6-12(7-9)8-10/h11H,2-7H2,1H3. The fourth-order valence-electron chi connectivity index (χ4n) is 2.36. The van der Waals surface area contributed by atoms with Gasteiger partial charge in [0, 0.05) is 31.6 Å². The number of hydrogen-bond donors (Lipinski definition) is 1. The van der Waals surface area contributed by atoms with Crippen molar-refractivity contribution in [3.05, 3.63) is 0 Å². The van der Waals surface area contributed by atoms with Crippen molar-refractivity contribution in [1.29, 1.82) is 5.26 Å². The maximum Gasteiger partial charge on any atom is 0.179 e. The second-order valence-corrected chi connectivity index (χ2v) is 4.17. The fraction of sp³-hybridized carbons (Fsp3) is 0.889. The van der Waals surface area contributed by atoms with Gasteiger partial charge in [0.15, 0.2) is 6.19 Å². The van der Waals surface area contributed by atoms with E-state index in [1.165, 1.54) is 12.8 Å². The minimum atomic E-state index is 0.475. The highest BCUT2D eigenvalue weighted by atomic mass is 15.5. The van der Waals surface area contributed by atoms with Gasteiger partial charge in [0.25, 0.3) is 0 Å². The predicted octanol–water partition coefficient (Wildman–Crippen LogP) is -0.000320. The minimum Gasteiger partial charge on any atom is -0.309 e. The smallest absolute Gasteiger partial charge is 0.179 e. The molecular weight excluding hydrogens is 164 g/mol. The zero-order valence-corrected chi connectivity index (χ0v) is 8.08. The first-order chi connectivity index (χ1) is 6.28. The van der Waals surface area contributed by atoms with Crippen LogP contribution in [0.1, 0.15) is 12.8 Å². The first kappa shape index (κ1) is 8.79. The second kappa shape index (κ2) is 3.17. The zero-order valence-electron chi connectivity index (χ0n) is 8.08. The van der Waals surface area contributed by atoms with E-state index in [9.17, 15) is 0 Å². The van der Waals surface area contributed by atoms with Gasteiger partial charge >= 0.3 is 0 Å². The number of piperidine rings is 1. The molecular formula is C9H16N4. The molecule has 13 heavy (non-hydrogen) atoms. The molecule has 72 valence electrons. The molecule has 0 aromatic heterocycles. The Morgan fingerprint density at radius 1 is 1.31 bits per heavy atom. The molecule has 4 nitrogen and oxygen atoms in total. The van der Waals surface area contributed by atoms with E-state index in [1.807, 2.05) is 11.9 Å². The van der Waals surface area contributed by atoms with Gasteiger partial charge in [0.1, 0.15) is 0 Å². The molecule has 4 heteroatoms. The Balaban J connectivity index is 1.83. The molecule has 0 bridgehead atoms. The average molecular weight is 180 g/mol. The molecule has 2 aliphatic heterocycles. The molecule has 0 radical (unpaired) electrons. The number of hydrazine groups is 1. The highest BCUT2D eigenvalue weighted by Crippen LogP contribution is 2.39. The van der Waals surface area contributed by atoms with E-state index >= 15 is 0 Å². The number of likely N-dealkylation sites (tertiary alicyclic amines) is 1. The summed E-state index contributed by atoms with van der Waals surface area (Å²) < 4.78 is 0. The van der Waals surface area contributed by atoms with Crippen molar-refractivity contribution < 1.29 is 0 Å². The van der Waals surface area contributed by atoms with Crippen molar-refractivity contribution >= 4 is 0 Å².